The van der Waals surface area contributed by atoms with Gasteiger partial charge in [0.2, 0.25) is 5.27 Å². The second-order valence-corrected chi connectivity index (χ2v) is 5.76. The van der Waals surface area contributed by atoms with E-state index in [0.717, 1.165) is 30.6 Å². The Bertz CT molecular complexity index is 633. The summed E-state index contributed by atoms with van der Waals surface area (Å²) in [6, 6.07) is 8.32. The number of anilines is 1. The predicted octanol–water partition coefficient (Wildman–Crippen LogP) is 2.20. The number of nitrogen functional groups attached to an aromatic ring is 1. The molecule has 5 nitrogen and oxygen atoms in total. The van der Waals surface area contributed by atoms with Gasteiger partial charge in [-0.3, -0.25) is 4.52 Å². The van der Waals surface area contributed by atoms with Gasteiger partial charge in [-0.15, -0.1) is 5.01 Å². The molecule has 0 radical (unpaired) electrons. The molecular weight excluding hydrogens is 252 g/mol. The minimum absolute atomic E-state index is 0.146. The van der Waals surface area contributed by atoms with E-state index in [4.69, 9.17) is 10.3 Å². The molecule has 0 atom stereocenters. The highest BCUT2D eigenvalue weighted by molar-refractivity contribution is 5.71. The van der Waals surface area contributed by atoms with E-state index in [1.54, 1.807) is 0 Å². The minimum Gasteiger partial charge on any atom is -0.362 e. The molecule has 1 aromatic heterocycles. The summed E-state index contributed by atoms with van der Waals surface area (Å²) < 4.78 is 5.23. The van der Waals surface area contributed by atoms with Crippen molar-refractivity contribution in [2.45, 2.75) is 39.2 Å². The summed E-state index contributed by atoms with van der Waals surface area (Å²) in [5, 5.41) is 6.36. The molecule has 2 N–H and O–H groups in total. The summed E-state index contributed by atoms with van der Waals surface area (Å²) in [5.41, 5.74) is 9.05. The van der Waals surface area contributed by atoms with E-state index >= 15 is 0 Å². The van der Waals surface area contributed by atoms with Crippen LogP contribution >= 0.6 is 0 Å². The Morgan fingerprint density at radius 3 is 2.85 bits per heavy atom. The van der Waals surface area contributed by atoms with Crippen molar-refractivity contribution in [3.05, 3.63) is 29.8 Å². The lowest BCUT2D eigenvalue weighted by Crippen LogP contribution is -2.69. The molecule has 2 heterocycles. The smallest absolute Gasteiger partial charge is 0.338 e. The second-order valence-electron chi connectivity index (χ2n) is 5.76. The van der Waals surface area contributed by atoms with Crippen molar-refractivity contribution in [1.82, 2.24) is 5.27 Å². The van der Waals surface area contributed by atoms with Crippen LogP contribution in [0.15, 0.2) is 28.8 Å². The van der Waals surface area contributed by atoms with Gasteiger partial charge in [0.15, 0.2) is 0 Å². The van der Waals surface area contributed by atoms with Gasteiger partial charge in [0, 0.05) is 0 Å². The molecule has 0 amide bonds. The Morgan fingerprint density at radius 1 is 1.35 bits per heavy atom. The first-order chi connectivity index (χ1) is 9.57. The number of rotatable bonds is 3. The number of unbranched alkanes of at least 4 members (excludes halogenated alkanes) is 1. The van der Waals surface area contributed by atoms with Crippen LogP contribution in [0.1, 0.15) is 39.2 Å². The Morgan fingerprint density at radius 2 is 2.10 bits per heavy atom. The van der Waals surface area contributed by atoms with E-state index in [1.807, 2.05) is 10.9 Å². The first-order valence-corrected chi connectivity index (χ1v) is 7.12. The molecule has 106 valence electrons. The third kappa shape index (κ3) is 1.69. The van der Waals surface area contributed by atoms with E-state index in [9.17, 15) is 0 Å². The topological polar surface area (TPSA) is 59.2 Å². The van der Waals surface area contributed by atoms with Crippen LogP contribution in [0.5, 0.6) is 0 Å². The van der Waals surface area contributed by atoms with Crippen LogP contribution in [-0.2, 0) is 5.54 Å². The van der Waals surface area contributed by atoms with Gasteiger partial charge in [-0.2, -0.15) is 0 Å². The van der Waals surface area contributed by atoms with Crippen molar-refractivity contribution in [2.24, 2.45) is 0 Å². The number of aromatic nitrogens is 2. The standard InChI is InChI=1S/C15H21N4O/c1-4-5-10-18-15(2,3)12-9-7-6-8-11(12)13-14(16)20-17-19(13)18/h6-9H,4-5,10,16H2,1-3H3/q+1. The summed E-state index contributed by atoms with van der Waals surface area (Å²) in [5.74, 6) is 0.370. The normalized spacial score (nSPS) is 15.8. The summed E-state index contributed by atoms with van der Waals surface area (Å²) >= 11 is 0. The molecular formula is C15H21N4O+. The molecule has 1 aliphatic rings. The third-order valence-electron chi connectivity index (χ3n) is 4.09. The molecule has 1 aliphatic heterocycles. The maximum atomic E-state index is 5.98. The molecule has 0 saturated heterocycles. The van der Waals surface area contributed by atoms with Gasteiger partial charge in [-0.1, -0.05) is 31.5 Å². The van der Waals surface area contributed by atoms with Gasteiger partial charge in [-0.05, 0) is 31.9 Å². The fraction of sp³-hybridized carbons (Fsp3) is 0.467. The lowest BCUT2D eigenvalue weighted by atomic mass is 9.86. The first-order valence-electron chi connectivity index (χ1n) is 7.12. The number of nitrogens with two attached hydrogens (primary N) is 1. The minimum atomic E-state index is -0.146. The van der Waals surface area contributed by atoms with Gasteiger partial charge in [-0.25, -0.2) is 0 Å². The predicted molar refractivity (Wildman–Crippen MR) is 77.6 cm³/mol. The Kier molecular flexibility index (Phi) is 2.92. The van der Waals surface area contributed by atoms with Crippen molar-refractivity contribution in [3.8, 4) is 11.3 Å². The molecule has 0 saturated carbocycles. The highest BCUT2D eigenvalue weighted by Gasteiger charge is 2.47. The van der Waals surface area contributed by atoms with Crippen LogP contribution < -0.4 is 15.5 Å². The largest absolute Gasteiger partial charge is 0.362 e. The SMILES string of the molecule is CCCCN1[n+]2noc(N)c2-c2ccccc2C1(C)C. The molecule has 0 spiro atoms. The summed E-state index contributed by atoms with van der Waals surface area (Å²) in [7, 11) is 0. The van der Waals surface area contributed by atoms with Crippen molar-refractivity contribution in [1.29, 1.82) is 0 Å². The molecule has 5 heteroatoms. The third-order valence-corrected chi connectivity index (χ3v) is 4.09. The van der Waals surface area contributed by atoms with Crippen molar-refractivity contribution < 1.29 is 9.31 Å². The highest BCUT2D eigenvalue weighted by Crippen LogP contribution is 2.38. The molecule has 1 aromatic carbocycles. The molecule has 0 fully saturated rings. The van der Waals surface area contributed by atoms with Crippen LogP contribution in [0.25, 0.3) is 11.3 Å². The van der Waals surface area contributed by atoms with E-state index < -0.39 is 0 Å². The van der Waals surface area contributed by atoms with Crippen LogP contribution in [0, 0.1) is 0 Å². The quantitative estimate of drug-likeness (QED) is 0.871. The molecule has 0 aliphatic carbocycles. The lowest BCUT2D eigenvalue weighted by Gasteiger charge is -2.36. The molecule has 0 unspecified atom stereocenters. The zero-order valence-corrected chi connectivity index (χ0v) is 12.3. The maximum Gasteiger partial charge on any atom is 0.338 e. The fourth-order valence-corrected chi connectivity index (χ4v) is 2.95. The lowest BCUT2D eigenvalue weighted by molar-refractivity contribution is -0.759. The van der Waals surface area contributed by atoms with E-state index in [-0.39, 0.29) is 5.54 Å². The van der Waals surface area contributed by atoms with Gasteiger partial charge < -0.3 is 5.73 Å². The monoisotopic (exact) mass is 273 g/mol. The van der Waals surface area contributed by atoms with E-state index in [0.29, 0.717) is 5.88 Å². The van der Waals surface area contributed by atoms with Gasteiger partial charge >= 0.3 is 11.6 Å². The van der Waals surface area contributed by atoms with Crippen LogP contribution in [-0.4, -0.2) is 11.8 Å². The molecule has 20 heavy (non-hydrogen) atoms. The first kappa shape index (κ1) is 13.0. The van der Waals surface area contributed by atoms with Crippen LogP contribution in [0.4, 0.5) is 5.88 Å². The van der Waals surface area contributed by atoms with Gasteiger partial charge in [0.05, 0.1) is 16.9 Å². The number of fused-ring (bicyclic) bond motifs is 3. The van der Waals surface area contributed by atoms with Crippen LogP contribution in [0.2, 0.25) is 0 Å². The summed E-state index contributed by atoms with van der Waals surface area (Å²) in [6.07, 6.45) is 2.24. The zero-order valence-electron chi connectivity index (χ0n) is 12.3. The Hall–Kier alpha value is -2.04. The summed E-state index contributed by atoms with van der Waals surface area (Å²) in [4.78, 5) is 1.83. The van der Waals surface area contributed by atoms with Gasteiger partial charge in [0.25, 0.3) is 0 Å². The van der Waals surface area contributed by atoms with Crippen LogP contribution in [0.3, 0.4) is 0 Å². The average Bonchev–Trinajstić information content (AvgIpc) is 2.80. The van der Waals surface area contributed by atoms with Gasteiger partial charge in [0.1, 0.15) is 5.54 Å². The van der Waals surface area contributed by atoms with Crippen molar-refractivity contribution >= 4 is 5.88 Å². The second kappa shape index (κ2) is 4.51. The number of hydrogen-bond acceptors (Lipinski definition) is 4. The number of nitrogens with zero attached hydrogens (tertiary/aromatic N) is 3. The van der Waals surface area contributed by atoms with E-state index in [2.05, 4.69) is 49.3 Å². The zero-order chi connectivity index (χ0) is 14.3. The molecule has 3 rings (SSSR count). The number of benzene rings is 1. The molecule has 0 bridgehead atoms. The summed E-state index contributed by atoms with van der Waals surface area (Å²) in [6.45, 7) is 7.53. The average molecular weight is 273 g/mol. The Balaban J connectivity index is 2.21. The van der Waals surface area contributed by atoms with Crippen molar-refractivity contribution in [2.75, 3.05) is 17.3 Å². The Labute approximate surface area is 118 Å². The maximum absolute atomic E-state index is 5.98. The number of hydrogen-bond donors (Lipinski definition) is 1. The fourth-order valence-electron chi connectivity index (χ4n) is 2.95. The van der Waals surface area contributed by atoms with Crippen molar-refractivity contribution in [3.63, 3.8) is 0 Å². The van der Waals surface area contributed by atoms with E-state index in [1.165, 1.54) is 5.56 Å². The molecule has 2 aromatic rings. The highest BCUT2D eigenvalue weighted by atomic mass is 16.5.